The molecule has 2 rings (SSSR count). The largest absolute Gasteiger partial charge is 0.497 e. The number of rotatable bonds is 1. The molecule has 2 nitrogen and oxygen atoms in total. The maximum absolute atomic E-state index is 9.48. The highest BCUT2D eigenvalue weighted by Crippen LogP contribution is 2.25. The number of fused-ring (bicyclic) bond motifs is 1. The number of hydrogen-bond donors (Lipinski definition) is 1. The first-order valence-corrected chi connectivity index (χ1v) is 4.63. The van der Waals surface area contributed by atoms with Crippen molar-refractivity contribution >= 4 is 0 Å². The molecular formula is C11H14O2. The van der Waals surface area contributed by atoms with Crippen molar-refractivity contribution < 1.29 is 9.84 Å². The van der Waals surface area contributed by atoms with E-state index in [1.807, 2.05) is 12.1 Å². The van der Waals surface area contributed by atoms with Crippen LogP contribution in [0.15, 0.2) is 18.2 Å². The quantitative estimate of drug-likeness (QED) is 0.707. The van der Waals surface area contributed by atoms with Crippen LogP contribution in [0.2, 0.25) is 0 Å². The monoisotopic (exact) mass is 178 g/mol. The predicted molar refractivity (Wildman–Crippen MR) is 51.0 cm³/mol. The van der Waals surface area contributed by atoms with Crippen LogP contribution in [-0.4, -0.2) is 18.3 Å². The number of methoxy groups -OCH3 is 1. The van der Waals surface area contributed by atoms with E-state index in [0.29, 0.717) is 0 Å². The van der Waals surface area contributed by atoms with E-state index >= 15 is 0 Å². The molecule has 0 bridgehead atoms. The minimum absolute atomic E-state index is 0.167. The maximum Gasteiger partial charge on any atom is 0.119 e. The first-order chi connectivity index (χ1) is 6.29. The smallest absolute Gasteiger partial charge is 0.119 e. The van der Waals surface area contributed by atoms with Crippen molar-refractivity contribution in [2.45, 2.75) is 25.4 Å². The van der Waals surface area contributed by atoms with Gasteiger partial charge in [-0.15, -0.1) is 0 Å². The van der Waals surface area contributed by atoms with Crippen molar-refractivity contribution in [2.24, 2.45) is 0 Å². The van der Waals surface area contributed by atoms with Crippen LogP contribution in [-0.2, 0) is 12.8 Å². The van der Waals surface area contributed by atoms with Gasteiger partial charge in [0.1, 0.15) is 5.75 Å². The van der Waals surface area contributed by atoms with Crippen LogP contribution >= 0.6 is 0 Å². The molecule has 0 heterocycles. The first-order valence-electron chi connectivity index (χ1n) is 4.63. The molecule has 1 aliphatic carbocycles. The molecule has 0 saturated heterocycles. The van der Waals surface area contributed by atoms with Gasteiger partial charge in [0.2, 0.25) is 0 Å². The number of ether oxygens (including phenoxy) is 1. The summed E-state index contributed by atoms with van der Waals surface area (Å²) in [6.45, 7) is 0. The molecule has 0 saturated carbocycles. The molecule has 0 spiro atoms. The SMILES string of the molecule is COc1ccc2c(c1)C[C@H](O)CC2. The van der Waals surface area contributed by atoms with Crippen LogP contribution < -0.4 is 4.74 Å². The van der Waals surface area contributed by atoms with E-state index in [4.69, 9.17) is 4.74 Å². The van der Waals surface area contributed by atoms with Gasteiger partial charge >= 0.3 is 0 Å². The van der Waals surface area contributed by atoms with Gasteiger partial charge < -0.3 is 9.84 Å². The molecule has 1 N–H and O–H groups in total. The lowest BCUT2D eigenvalue weighted by Gasteiger charge is -2.20. The van der Waals surface area contributed by atoms with Gasteiger partial charge in [0.25, 0.3) is 0 Å². The number of hydrogen-bond acceptors (Lipinski definition) is 2. The third-order valence-corrected chi connectivity index (χ3v) is 2.62. The van der Waals surface area contributed by atoms with Crippen molar-refractivity contribution in [3.63, 3.8) is 0 Å². The van der Waals surface area contributed by atoms with Crippen molar-refractivity contribution in [1.82, 2.24) is 0 Å². The summed E-state index contributed by atoms with van der Waals surface area (Å²) in [6.07, 6.45) is 2.48. The van der Waals surface area contributed by atoms with Gasteiger partial charge in [0.15, 0.2) is 0 Å². The summed E-state index contributed by atoms with van der Waals surface area (Å²) in [4.78, 5) is 0. The molecule has 1 aromatic rings. The zero-order valence-corrected chi connectivity index (χ0v) is 7.79. The van der Waals surface area contributed by atoms with Crippen LogP contribution in [0.3, 0.4) is 0 Å². The van der Waals surface area contributed by atoms with Crippen LogP contribution in [0, 0.1) is 0 Å². The summed E-state index contributed by atoms with van der Waals surface area (Å²) in [5, 5.41) is 9.48. The maximum atomic E-state index is 9.48. The van der Waals surface area contributed by atoms with Crippen molar-refractivity contribution in [3.8, 4) is 5.75 Å². The average Bonchev–Trinajstić information content (AvgIpc) is 2.16. The van der Waals surface area contributed by atoms with Gasteiger partial charge in [0.05, 0.1) is 13.2 Å². The van der Waals surface area contributed by atoms with E-state index in [0.717, 1.165) is 25.0 Å². The van der Waals surface area contributed by atoms with E-state index in [1.54, 1.807) is 7.11 Å². The van der Waals surface area contributed by atoms with Crippen molar-refractivity contribution in [3.05, 3.63) is 29.3 Å². The number of benzene rings is 1. The van der Waals surface area contributed by atoms with Crippen LogP contribution in [0.1, 0.15) is 17.5 Å². The fourth-order valence-electron chi connectivity index (χ4n) is 1.84. The zero-order valence-electron chi connectivity index (χ0n) is 7.79. The fourth-order valence-corrected chi connectivity index (χ4v) is 1.84. The van der Waals surface area contributed by atoms with E-state index in [9.17, 15) is 5.11 Å². The molecule has 0 aromatic heterocycles. The van der Waals surface area contributed by atoms with Crippen LogP contribution in [0.25, 0.3) is 0 Å². The Balaban J connectivity index is 2.32. The molecule has 0 aliphatic heterocycles. The van der Waals surface area contributed by atoms with Crippen molar-refractivity contribution in [2.75, 3.05) is 7.11 Å². The lowest BCUT2D eigenvalue weighted by Crippen LogP contribution is -2.18. The topological polar surface area (TPSA) is 29.5 Å². The summed E-state index contributed by atoms with van der Waals surface area (Å²) in [7, 11) is 1.67. The molecule has 0 unspecified atom stereocenters. The third kappa shape index (κ3) is 1.68. The zero-order chi connectivity index (χ0) is 9.26. The van der Waals surface area contributed by atoms with Crippen molar-refractivity contribution in [1.29, 1.82) is 0 Å². The standard InChI is InChI=1S/C11H14O2/c1-13-11-5-3-8-2-4-10(12)6-9(8)7-11/h3,5,7,10,12H,2,4,6H2,1H3/t10-/m1/s1. The minimum atomic E-state index is -0.167. The normalized spacial score (nSPS) is 20.9. The highest BCUT2D eigenvalue weighted by molar-refractivity contribution is 5.37. The molecule has 13 heavy (non-hydrogen) atoms. The lowest BCUT2D eigenvalue weighted by atomic mass is 9.90. The second-order valence-electron chi connectivity index (χ2n) is 3.53. The van der Waals surface area contributed by atoms with E-state index in [-0.39, 0.29) is 6.10 Å². The Morgan fingerprint density at radius 2 is 2.23 bits per heavy atom. The molecular weight excluding hydrogens is 164 g/mol. The summed E-state index contributed by atoms with van der Waals surface area (Å²) in [5.74, 6) is 0.882. The Labute approximate surface area is 78.2 Å². The van der Waals surface area contributed by atoms with Crippen LogP contribution in [0.5, 0.6) is 5.75 Å². The van der Waals surface area contributed by atoms with E-state index in [1.165, 1.54) is 11.1 Å². The number of aliphatic hydroxyl groups is 1. The molecule has 0 amide bonds. The Morgan fingerprint density at radius 1 is 1.38 bits per heavy atom. The molecule has 0 radical (unpaired) electrons. The van der Waals surface area contributed by atoms with E-state index in [2.05, 4.69) is 6.07 Å². The third-order valence-electron chi connectivity index (χ3n) is 2.62. The predicted octanol–water partition coefficient (Wildman–Crippen LogP) is 1.54. The Bertz CT molecular complexity index is 307. The Hall–Kier alpha value is -1.02. The van der Waals surface area contributed by atoms with Crippen LogP contribution in [0.4, 0.5) is 0 Å². The fraction of sp³-hybridized carbons (Fsp3) is 0.455. The summed E-state index contributed by atoms with van der Waals surface area (Å²) in [5.41, 5.74) is 2.59. The molecule has 1 aliphatic rings. The molecule has 2 heteroatoms. The summed E-state index contributed by atoms with van der Waals surface area (Å²) >= 11 is 0. The van der Waals surface area contributed by atoms with Gasteiger partial charge in [0, 0.05) is 0 Å². The Morgan fingerprint density at radius 3 is 3.00 bits per heavy atom. The average molecular weight is 178 g/mol. The first kappa shape index (κ1) is 8.57. The second-order valence-corrected chi connectivity index (χ2v) is 3.53. The lowest BCUT2D eigenvalue weighted by molar-refractivity contribution is 0.158. The summed E-state index contributed by atoms with van der Waals surface area (Å²) in [6, 6.07) is 6.11. The Kier molecular flexibility index (Phi) is 2.23. The highest BCUT2D eigenvalue weighted by Gasteiger charge is 2.16. The minimum Gasteiger partial charge on any atom is -0.497 e. The molecule has 1 atom stereocenters. The van der Waals surface area contributed by atoms with Gasteiger partial charge in [-0.05, 0) is 42.5 Å². The van der Waals surface area contributed by atoms with E-state index < -0.39 is 0 Å². The number of aryl methyl sites for hydroxylation is 1. The molecule has 70 valence electrons. The van der Waals surface area contributed by atoms with Gasteiger partial charge in [-0.25, -0.2) is 0 Å². The molecule has 0 fully saturated rings. The van der Waals surface area contributed by atoms with Gasteiger partial charge in [-0.1, -0.05) is 6.07 Å². The van der Waals surface area contributed by atoms with Gasteiger partial charge in [-0.2, -0.15) is 0 Å². The van der Waals surface area contributed by atoms with Gasteiger partial charge in [-0.3, -0.25) is 0 Å². The molecule has 1 aromatic carbocycles. The number of aliphatic hydroxyl groups excluding tert-OH is 1. The summed E-state index contributed by atoms with van der Waals surface area (Å²) < 4.78 is 5.13. The second kappa shape index (κ2) is 3.38. The highest BCUT2D eigenvalue weighted by atomic mass is 16.5.